The van der Waals surface area contributed by atoms with Crippen molar-refractivity contribution in [2.24, 2.45) is 11.5 Å². The lowest BCUT2D eigenvalue weighted by molar-refractivity contribution is -0.137. The summed E-state index contributed by atoms with van der Waals surface area (Å²) in [4.78, 5) is 45.3. The number of hydrogen-bond acceptors (Lipinski definition) is 7. The summed E-state index contributed by atoms with van der Waals surface area (Å²) < 4.78 is 1.50. The molecule has 1 saturated carbocycles. The molecular weight excluding hydrogens is 484 g/mol. The van der Waals surface area contributed by atoms with Crippen molar-refractivity contribution in [3.63, 3.8) is 0 Å². The number of urea groups is 1. The van der Waals surface area contributed by atoms with Crippen LogP contribution in [0.3, 0.4) is 0 Å². The first-order valence-electron chi connectivity index (χ1n) is 13.4. The number of nitrogens with two attached hydrogens (primary N) is 2. The van der Waals surface area contributed by atoms with Crippen molar-refractivity contribution >= 4 is 17.8 Å². The number of hydrogen-bond donors (Lipinski definition) is 4. The van der Waals surface area contributed by atoms with Gasteiger partial charge in [-0.15, -0.1) is 0 Å². The number of aryl methyl sites for hydroxylation is 1. The van der Waals surface area contributed by atoms with Gasteiger partial charge in [0.1, 0.15) is 5.82 Å². The molecule has 3 aliphatic rings. The Morgan fingerprint density at radius 2 is 1.74 bits per heavy atom. The van der Waals surface area contributed by atoms with Crippen LogP contribution in [0.4, 0.5) is 10.6 Å². The summed E-state index contributed by atoms with van der Waals surface area (Å²) in [5, 5.41) is 6.44. The fourth-order valence-electron chi connectivity index (χ4n) is 5.54. The van der Waals surface area contributed by atoms with Gasteiger partial charge in [-0.25, -0.2) is 9.59 Å². The van der Waals surface area contributed by atoms with E-state index in [0.717, 1.165) is 37.8 Å². The van der Waals surface area contributed by atoms with E-state index in [4.69, 9.17) is 11.5 Å². The number of benzene rings is 1. The van der Waals surface area contributed by atoms with Gasteiger partial charge < -0.3 is 26.6 Å². The number of aromatic nitrogens is 2. The highest BCUT2D eigenvalue weighted by atomic mass is 16.2. The Hall–Kier alpha value is -3.28. The van der Waals surface area contributed by atoms with Crippen LogP contribution in [-0.2, 0) is 17.6 Å². The first-order valence-corrected chi connectivity index (χ1v) is 13.4. The quantitative estimate of drug-likeness (QED) is 0.448. The molecule has 0 spiro atoms. The summed E-state index contributed by atoms with van der Waals surface area (Å²) in [6, 6.07) is 8.73. The number of rotatable bonds is 5. The van der Waals surface area contributed by atoms with Gasteiger partial charge in [-0.05, 0) is 75.3 Å². The number of amides is 3. The number of nitrogens with one attached hydrogen (secondary N) is 2. The zero-order chi connectivity index (χ0) is 27.0. The molecule has 11 nitrogen and oxygen atoms in total. The van der Waals surface area contributed by atoms with E-state index in [2.05, 4.69) is 27.8 Å². The van der Waals surface area contributed by atoms with E-state index < -0.39 is 11.2 Å². The van der Waals surface area contributed by atoms with E-state index >= 15 is 0 Å². The van der Waals surface area contributed by atoms with Crippen molar-refractivity contribution in [1.29, 1.82) is 0 Å². The fraction of sp³-hybridized carbons (Fsp3) is 0.556. The van der Waals surface area contributed by atoms with Gasteiger partial charge in [0.05, 0.1) is 11.2 Å². The van der Waals surface area contributed by atoms with E-state index in [1.807, 2.05) is 6.07 Å². The van der Waals surface area contributed by atoms with Crippen LogP contribution in [0.5, 0.6) is 0 Å². The zero-order valence-electron chi connectivity index (χ0n) is 22.2. The maximum atomic E-state index is 12.8. The molecule has 11 heteroatoms. The molecule has 1 aromatic heterocycles. The predicted octanol–water partition coefficient (Wildman–Crippen LogP) is 0.583. The Kier molecular flexibility index (Phi) is 7.26. The monoisotopic (exact) mass is 522 g/mol. The van der Waals surface area contributed by atoms with Gasteiger partial charge in [-0.3, -0.25) is 14.7 Å². The van der Waals surface area contributed by atoms with Crippen molar-refractivity contribution in [3.05, 3.63) is 52.1 Å². The van der Waals surface area contributed by atoms with Crippen molar-refractivity contribution in [2.75, 3.05) is 31.5 Å². The van der Waals surface area contributed by atoms with Gasteiger partial charge in [0.2, 0.25) is 5.91 Å². The molecule has 38 heavy (non-hydrogen) atoms. The minimum Gasteiger partial charge on any atom is -0.338 e. The average Bonchev–Trinajstić information content (AvgIpc) is 2.86. The van der Waals surface area contributed by atoms with Crippen LogP contribution in [-0.4, -0.2) is 81.1 Å². The Labute approximate surface area is 222 Å². The highest BCUT2D eigenvalue weighted by molar-refractivity contribution is 5.89. The second-order valence-electron chi connectivity index (χ2n) is 11.4. The van der Waals surface area contributed by atoms with E-state index in [0.29, 0.717) is 44.3 Å². The van der Waals surface area contributed by atoms with Crippen LogP contribution < -0.4 is 27.8 Å². The summed E-state index contributed by atoms with van der Waals surface area (Å²) in [7, 11) is 0. The molecule has 2 aliphatic carbocycles. The molecule has 6 N–H and O–H groups in total. The van der Waals surface area contributed by atoms with Crippen LogP contribution in [0.15, 0.2) is 35.3 Å². The molecule has 1 atom stereocenters. The van der Waals surface area contributed by atoms with Gasteiger partial charge in [0.15, 0.2) is 0 Å². The van der Waals surface area contributed by atoms with Crippen molar-refractivity contribution < 1.29 is 9.59 Å². The smallest absolute Gasteiger partial charge is 0.338 e. The average molecular weight is 523 g/mol. The van der Waals surface area contributed by atoms with Crippen LogP contribution >= 0.6 is 0 Å². The maximum Gasteiger partial charge on any atom is 0.354 e. The fourth-order valence-corrected chi connectivity index (χ4v) is 5.54. The van der Waals surface area contributed by atoms with Crippen LogP contribution in [0, 0.1) is 0 Å². The molecule has 2 aromatic rings. The second-order valence-corrected chi connectivity index (χ2v) is 11.4. The Morgan fingerprint density at radius 3 is 2.39 bits per heavy atom. The highest BCUT2D eigenvalue weighted by Gasteiger charge is 2.32. The third-order valence-corrected chi connectivity index (χ3v) is 7.79. The lowest BCUT2D eigenvalue weighted by Crippen LogP contribution is -2.58. The maximum absolute atomic E-state index is 12.8. The van der Waals surface area contributed by atoms with E-state index in [1.54, 1.807) is 35.9 Å². The number of carbonyl (C=O) groups excluding carboxylic acids is 2. The third-order valence-electron chi connectivity index (χ3n) is 7.79. The van der Waals surface area contributed by atoms with Crippen LogP contribution in [0.25, 0.3) is 5.69 Å². The van der Waals surface area contributed by atoms with E-state index in [-0.39, 0.29) is 17.8 Å². The summed E-state index contributed by atoms with van der Waals surface area (Å²) in [6.07, 6.45) is 6.74. The van der Waals surface area contributed by atoms with Gasteiger partial charge in [0, 0.05) is 50.5 Å². The minimum atomic E-state index is -0.944. The molecule has 2 heterocycles. The molecule has 1 unspecified atom stereocenters. The lowest BCUT2D eigenvalue weighted by atomic mass is 9.83. The number of carbonyl (C=O) groups is 2. The van der Waals surface area contributed by atoms with Crippen LogP contribution in [0.1, 0.15) is 44.2 Å². The van der Waals surface area contributed by atoms with Gasteiger partial charge in [-0.1, -0.05) is 6.07 Å². The SMILES string of the molecule is CC(C)(N)C(=O)N1CCN(C(=O)Nc2ccn(-c3ccc4c(c3)CCC(NC3CC(N)C3)C4)c(=O)n2)CC1. The third kappa shape index (κ3) is 5.74. The molecule has 3 amide bonds. The van der Waals surface area contributed by atoms with Crippen LogP contribution in [0.2, 0.25) is 0 Å². The van der Waals surface area contributed by atoms with Gasteiger partial charge >= 0.3 is 11.7 Å². The number of nitrogens with zero attached hydrogens (tertiary/aromatic N) is 4. The van der Waals surface area contributed by atoms with E-state index in [1.165, 1.54) is 15.7 Å². The standard InChI is InChI=1S/C27H38N8O3/c1-27(2,29)24(36)33-9-11-34(12-10-33)25(37)31-23-7-8-35(26(38)32-23)22-6-4-17-13-20(5-3-18(17)14-22)30-21-15-19(28)16-21/h4,6-8,14,19-21,30H,3,5,9-13,15-16,28-29H2,1-2H3,(H,31,32,37,38). The normalized spacial score (nSPS) is 23.4. The van der Waals surface area contributed by atoms with Crippen molar-refractivity contribution in [2.45, 2.75) is 69.6 Å². The summed E-state index contributed by atoms with van der Waals surface area (Å²) in [5.74, 6) is 0.0563. The Balaban J connectivity index is 1.18. The topological polar surface area (TPSA) is 152 Å². The molecule has 0 radical (unpaired) electrons. The second kappa shape index (κ2) is 10.5. The minimum absolute atomic E-state index is 0.139. The number of fused-ring (bicyclic) bond motifs is 1. The first-order chi connectivity index (χ1) is 18.1. The van der Waals surface area contributed by atoms with Crippen molar-refractivity contribution in [1.82, 2.24) is 24.7 Å². The molecule has 204 valence electrons. The van der Waals surface area contributed by atoms with E-state index in [9.17, 15) is 14.4 Å². The van der Waals surface area contributed by atoms with Crippen molar-refractivity contribution in [3.8, 4) is 5.69 Å². The molecule has 1 aromatic carbocycles. The largest absolute Gasteiger partial charge is 0.354 e. The van der Waals surface area contributed by atoms with Gasteiger partial charge in [0.25, 0.3) is 0 Å². The molecular formula is C27H38N8O3. The lowest BCUT2D eigenvalue weighted by Gasteiger charge is -2.38. The Morgan fingerprint density at radius 1 is 1.03 bits per heavy atom. The first kappa shape index (κ1) is 26.3. The summed E-state index contributed by atoms with van der Waals surface area (Å²) in [6.45, 7) is 4.92. The highest BCUT2D eigenvalue weighted by Crippen LogP contribution is 2.26. The predicted molar refractivity (Wildman–Crippen MR) is 145 cm³/mol. The van der Waals surface area contributed by atoms with Gasteiger partial charge in [-0.2, -0.15) is 4.98 Å². The summed E-state index contributed by atoms with van der Waals surface area (Å²) >= 11 is 0. The number of piperazine rings is 1. The molecule has 1 aliphatic heterocycles. The molecule has 1 saturated heterocycles. The molecule has 2 fully saturated rings. The number of anilines is 1. The zero-order valence-corrected chi connectivity index (χ0v) is 22.2. The molecule has 0 bridgehead atoms. The Bertz CT molecular complexity index is 1260. The molecule has 5 rings (SSSR count). The summed E-state index contributed by atoms with van der Waals surface area (Å²) in [5.41, 5.74) is 13.8.